The molecule has 152 valence electrons. The lowest BCUT2D eigenvalue weighted by atomic mass is 10.0. The van der Waals surface area contributed by atoms with Gasteiger partial charge in [0.25, 0.3) is 5.91 Å². The molecular formula is C23H31NO4. The number of amides is 1. The van der Waals surface area contributed by atoms with Gasteiger partial charge in [0.15, 0.2) is 17.6 Å². The number of methoxy groups -OCH3 is 2. The second-order valence-corrected chi connectivity index (χ2v) is 7.05. The summed E-state index contributed by atoms with van der Waals surface area (Å²) < 4.78 is 16.6. The second kappa shape index (κ2) is 9.49. The van der Waals surface area contributed by atoms with E-state index in [2.05, 4.69) is 11.4 Å². The van der Waals surface area contributed by atoms with Crippen LogP contribution < -0.4 is 19.5 Å². The minimum Gasteiger partial charge on any atom is -0.493 e. The van der Waals surface area contributed by atoms with Crippen molar-refractivity contribution < 1.29 is 19.0 Å². The maximum absolute atomic E-state index is 12.8. The van der Waals surface area contributed by atoms with E-state index in [0.29, 0.717) is 11.5 Å². The van der Waals surface area contributed by atoms with Gasteiger partial charge in [-0.1, -0.05) is 19.1 Å². The van der Waals surface area contributed by atoms with Crippen molar-refractivity contribution in [2.24, 2.45) is 0 Å². The van der Waals surface area contributed by atoms with Crippen LogP contribution in [0.2, 0.25) is 0 Å². The van der Waals surface area contributed by atoms with Gasteiger partial charge in [0.05, 0.1) is 20.3 Å². The fraction of sp³-hybridized carbons (Fsp3) is 0.435. The highest BCUT2D eigenvalue weighted by Crippen LogP contribution is 2.31. The molecule has 0 aromatic heterocycles. The van der Waals surface area contributed by atoms with E-state index in [4.69, 9.17) is 14.2 Å². The third-order valence-corrected chi connectivity index (χ3v) is 4.97. The number of ether oxygens (including phenoxy) is 3. The highest BCUT2D eigenvalue weighted by molar-refractivity contribution is 5.81. The predicted molar refractivity (Wildman–Crippen MR) is 111 cm³/mol. The maximum atomic E-state index is 12.8. The molecule has 2 atom stereocenters. The number of carbonyl (C=O) groups is 1. The van der Waals surface area contributed by atoms with E-state index in [1.165, 1.54) is 0 Å². The molecule has 1 amide bonds. The van der Waals surface area contributed by atoms with E-state index < -0.39 is 6.10 Å². The number of aryl methyl sites for hydroxylation is 2. The van der Waals surface area contributed by atoms with E-state index in [9.17, 15) is 4.79 Å². The normalized spacial score (nSPS) is 12.8. The van der Waals surface area contributed by atoms with Gasteiger partial charge < -0.3 is 19.5 Å². The van der Waals surface area contributed by atoms with Crippen molar-refractivity contribution in [3.8, 4) is 17.2 Å². The highest BCUT2D eigenvalue weighted by Gasteiger charge is 2.21. The molecule has 0 bridgehead atoms. The van der Waals surface area contributed by atoms with Crippen LogP contribution in [0.3, 0.4) is 0 Å². The standard InChI is InChI=1S/C23H31NO4/c1-8-19(18-9-10-20(26-6)22(13-18)27-7)24-23(25)17(5)28-21-12-14(2)11-15(3)16(21)4/h9-13,17,19H,8H2,1-7H3,(H,24,25). The SMILES string of the molecule is CCC(NC(=O)C(C)Oc1cc(C)cc(C)c1C)c1ccc(OC)c(OC)c1. The van der Waals surface area contributed by atoms with Gasteiger partial charge in [-0.15, -0.1) is 0 Å². The van der Waals surface area contributed by atoms with Crippen LogP contribution in [0, 0.1) is 20.8 Å². The van der Waals surface area contributed by atoms with Crippen molar-refractivity contribution in [2.75, 3.05) is 14.2 Å². The Morgan fingerprint density at radius 2 is 1.68 bits per heavy atom. The molecule has 2 aromatic rings. The van der Waals surface area contributed by atoms with Gasteiger partial charge in [0, 0.05) is 0 Å². The molecule has 0 spiro atoms. The van der Waals surface area contributed by atoms with Gasteiger partial charge in [-0.2, -0.15) is 0 Å². The Kier molecular flexibility index (Phi) is 7.32. The van der Waals surface area contributed by atoms with Crippen molar-refractivity contribution in [3.63, 3.8) is 0 Å². The topological polar surface area (TPSA) is 56.8 Å². The second-order valence-electron chi connectivity index (χ2n) is 7.05. The van der Waals surface area contributed by atoms with Crippen LogP contribution in [0.15, 0.2) is 30.3 Å². The van der Waals surface area contributed by atoms with E-state index >= 15 is 0 Å². The molecule has 2 aromatic carbocycles. The van der Waals surface area contributed by atoms with Crippen molar-refractivity contribution >= 4 is 5.91 Å². The zero-order valence-corrected chi connectivity index (χ0v) is 17.9. The molecule has 0 aliphatic rings. The van der Waals surface area contributed by atoms with Crippen molar-refractivity contribution in [2.45, 2.75) is 53.2 Å². The average Bonchev–Trinajstić information content (AvgIpc) is 2.68. The lowest BCUT2D eigenvalue weighted by Crippen LogP contribution is -2.38. The summed E-state index contributed by atoms with van der Waals surface area (Å²) in [5.74, 6) is 1.90. The lowest BCUT2D eigenvalue weighted by molar-refractivity contribution is -0.128. The van der Waals surface area contributed by atoms with E-state index in [1.54, 1.807) is 21.1 Å². The van der Waals surface area contributed by atoms with Crippen LogP contribution >= 0.6 is 0 Å². The largest absolute Gasteiger partial charge is 0.493 e. The zero-order chi connectivity index (χ0) is 20.8. The Hall–Kier alpha value is -2.69. The Morgan fingerprint density at radius 3 is 2.29 bits per heavy atom. The summed E-state index contributed by atoms with van der Waals surface area (Å²) in [4.78, 5) is 12.8. The van der Waals surface area contributed by atoms with Gasteiger partial charge in [-0.25, -0.2) is 0 Å². The van der Waals surface area contributed by atoms with E-state index in [1.807, 2.05) is 52.0 Å². The van der Waals surface area contributed by atoms with Gasteiger partial charge in [0.2, 0.25) is 0 Å². The van der Waals surface area contributed by atoms with Crippen LogP contribution in [0.1, 0.15) is 48.6 Å². The minimum atomic E-state index is -0.603. The molecule has 5 nitrogen and oxygen atoms in total. The highest BCUT2D eigenvalue weighted by atomic mass is 16.5. The van der Waals surface area contributed by atoms with Crippen molar-refractivity contribution in [3.05, 3.63) is 52.6 Å². The monoisotopic (exact) mass is 385 g/mol. The van der Waals surface area contributed by atoms with E-state index in [0.717, 1.165) is 34.4 Å². The first-order valence-corrected chi connectivity index (χ1v) is 9.57. The van der Waals surface area contributed by atoms with Crippen LogP contribution in [0.4, 0.5) is 0 Å². The van der Waals surface area contributed by atoms with Crippen LogP contribution in [-0.2, 0) is 4.79 Å². The molecule has 0 saturated carbocycles. The van der Waals surface area contributed by atoms with E-state index in [-0.39, 0.29) is 11.9 Å². The molecular weight excluding hydrogens is 354 g/mol. The third kappa shape index (κ3) is 4.97. The molecule has 28 heavy (non-hydrogen) atoms. The molecule has 2 unspecified atom stereocenters. The van der Waals surface area contributed by atoms with Crippen LogP contribution in [0.25, 0.3) is 0 Å². The molecule has 2 rings (SSSR count). The average molecular weight is 386 g/mol. The Balaban J connectivity index is 2.13. The number of hydrogen-bond acceptors (Lipinski definition) is 4. The third-order valence-electron chi connectivity index (χ3n) is 4.97. The van der Waals surface area contributed by atoms with Crippen LogP contribution in [-0.4, -0.2) is 26.2 Å². The zero-order valence-electron chi connectivity index (χ0n) is 17.9. The smallest absolute Gasteiger partial charge is 0.261 e. The molecule has 0 aliphatic heterocycles. The summed E-state index contributed by atoms with van der Waals surface area (Å²) in [5.41, 5.74) is 4.28. The van der Waals surface area contributed by atoms with Gasteiger partial charge in [-0.05, 0) is 74.6 Å². The molecule has 0 aliphatic carbocycles. The molecule has 0 radical (unpaired) electrons. The number of carbonyl (C=O) groups excluding carboxylic acids is 1. The summed E-state index contributed by atoms with van der Waals surface area (Å²) in [6.45, 7) is 9.88. The Morgan fingerprint density at radius 1 is 1.00 bits per heavy atom. The lowest BCUT2D eigenvalue weighted by Gasteiger charge is -2.23. The quantitative estimate of drug-likeness (QED) is 0.718. The summed E-state index contributed by atoms with van der Waals surface area (Å²) in [6.07, 6.45) is 0.144. The number of benzene rings is 2. The summed E-state index contributed by atoms with van der Waals surface area (Å²) in [5, 5.41) is 3.08. The first-order chi connectivity index (χ1) is 13.3. The Labute approximate surface area is 168 Å². The summed E-state index contributed by atoms with van der Waals surface area (Å²) >= 11 is 0. The Bertz CT molecular complexity index is 832. The molecule has 1 N–H and O–H groups in total. The maximum Gasteiger partial charge on any atom is 0.261 e. The first-order valence-electron chi connectivity index (χ1n) is 9.57. The molecule has 0 saturated heterocycles. The predicted octanol–water partition coefficient (Wildman–Crippen LogP) is 4.66. The number of nitrogens with one attached hydrogen (secondary N) is 1. The molecule has 5 heteroatoms. The molecule has 0 fully saturated rings. The fourth-order valence-electron chi connectivity index (χ4n) is 3.15. The van der Waals surface area contributed by atoms with Crippen molar-refractivity contribution in [1.82, 2.24) is 5.32 Å². The number of rotatable bonds is 8. The minimum absolute atomic E-state index is 0.140. The first kappa shape index (κ1) is 21.6. The fourth-order valence-corrected chi connectivity index (χ4v) is 3.15. The van der Waals surface area contributed by atoms with Crippen LogP contribution in [0.5, 0.6) is 17.2 Å². The van der Waals surface area contributed by atoms with Gasteiger partial charge in [0.1, 0.15) is 5.75 Å². The number of hydrogen-bond donors (Lipinski definition) is 1. The molecule has 0 heterocycles. The van der Waals surface area contributed by atoms with Crippen molar-refractivity contribution in [1.29, 1.82) is 0 Å². The summed E-state index contributed by atoms with van der Waals surface area (Å²) in [6, 6.07) is 9.62. The van der Waals surface area contributed by atoms with Gasteiger partial charge >= 0.3 is 0 Å². The van der Waals surface area contributed by atoms with Gasteiger partial charge in [-0.3, -0.25) is 4.79 Å². The summed E-state index contributed by atoms with van der Waals surface area (Å²) in [7, 11) is 3.20.